The summed E-state index contributed by atoms with van der Waals surface area (Å²) in [6.45, 7) is 3.53. The van der Waals surface area contributed by atoms with Crippen LogP contribution in [0, 0.1) is 5.21 Å². The molecule has 7 nitrogen and oxygen atoms in total. The van der Waals surface area contributed by atoms with Crippen molar-refractivity contribution in [2.45, 2.75) is 25.8 Å². The molecular formula is C20H23N3O4. The van der Waals surface area contributed by atoms with Crippen LogP contribution in [0.15, 0.2) is 48.8 Å². The number of aromatic nitrogens is 1. The van der Waals surface area contributed by atoms with Crippen molar-refractivity contribution in [2.24, 2.45) is 0 Å². The molecule has 1 saturated heterocycles. The summed E-state index contributed by atoms with van der Waals surface area (Å²) < 4.78 is 6.19. The van der Waals surface area contributed by atoms with Crippen molar-refractivity contribution in [3.05, 3.63) is 65.1 Å². The van der Waals surface area contributed by atoms with E-state index in [1.54, 1.807) is 17.0 Å². The van der Waals surface area contributed by atoms with E-state index in [1.807, 2.05) is 19.1 Å². The first kappa shape index (κ1) is 18.7. The fourth-order valence-electron chi connectivity index (χ4n) is 3.15. The van der Waals surface area contributed by atoms with Gasteiger partial charge in [-0.2, -0.15) is 4.73 Å². The molecule has 0 unspecified atom stereocenters. The maximum absolute atomic E-state index is 12.8. The van der Waals surface area contributed by atoms with Crippen LogP contribution in [-0.4, -0.2) is 42.5 Å². The summed E-state index contributed by atoms with van der Waals surface area (Å²) in [4.78, 5) is 26.9. The minimum Gasteiger partial charge on any atom is -0.619 e. The normalized spacial score (nSPS) is 14.6. The molecule has 1 fully saturated rings. The minimum atomic E-state index is -0.206. The van der Waals surface area contributed by atoms with E-state index in [-0.39, 0.29) is 17.9 Å². The van der Waals surface area contributed by atoms with E-state index < -0.39 is 0 Å². The van der Waals surface area contributed by atoms with Crippen molar-refractivity contribution < 1.29 is 19.1 Å². The number of likely N-dealkylation sites (tertiary alicyclic amines) is 1. The van der Waals surface area contributed by atoms with E-state index in [9.17, 15) is 14.8 Å². The number of ether oxygens (including phenoxy) is 1. The number of carbonyl (C=O) groups is 2. The van der Waals surface area contributed by atoms with E-state index in [0.29, 0.717) is 54.1 Å². The monoisotopic (exact) mass is 369 g/mol. The summed E-state index contributed by atoms with van der Waals surface area (Å²) in [6.07, 6.45) is 3.96. The number of nitrogens with zero attached hydrogens (tertiary/aromatic N) is 2. The largest absolute Gasteiger partial charge is 0.619 e. The lowest BCUT2D eigenvalue weighted by atomic mass is 10.0. The zero-order chi connectivity index (χ0) is 19.2. The second-order valence-electron chi connectivity index (χ2n) is 6.42. The van der Waals surface area contributed by atoms with E-state index in [0.717, 1.165) is 0 Å². The summed E-state index contributed by atoms with van der Waals surface area (Å²) in [7, 11) is 0. The number of nitrogens with one attached hydrogen (secondary N) is 1. The van der Waals surface area contributed by atoms with Crippen LogP contribution < -0.4 is 14.8 Å². The summed E-state index contributed by atoms with van der Waals surface area (Å²) >= 11 is 0. The molecule has 1 aliphatic rings. The molecule has 1 aromatic carbocycles. The Bertz CT molecular complexity index is 799. The van der Waals surface area contributed by atoms with Gasteiger partial charge in [-0.1, -0.05) is 12.1 Å². The molecule has 1 aromatic heterocycles. The van der Waals surface area contributed by atoms with Gasteiger partial charge < -0.3 is 20.2 Å². The first-order valence-corrected chi connectivity index (χ1v) is 9.09. The van der Waals surface area contributed by atoms with Crippen LogP contribution in [-0.2, 0) is 0 Å². The highest BCUT2D eigenvalue weighted by atomic mass is 16.5. The van der Waals surface area contributed by atoms with Crippen LogP contribution in [0.25, 0.3) is 0 Å². The van der Waals surface area contributed by atoms with Gasteiger partial charge in [0.2, 0.25) is 0 Å². The molecule has 2 heterocycles. The molecule has 2 amide bonds. The molecule has 0 bridgehead atoms. The van der Waals surface area contributed by atoms with Crippen LogP contribution in [0.2, 0.25) is 0 Å². The molecule has 2 aromatic rings. The number of para-hydroxylation sites is 1. The highest BCUT2D eigenvalue weighted by molar-refractivity contribution is 5.97. The summed E-state index contributed by atoms with van der Waals surface area (Å²) in [5.74, 6) is 0.342. The predicted octanol–water partition coefficient (Wildman–Crippen LogP) is 1.75. The van der Waals surface area contributed by atoms with Gasteiger partial charge in [-0.25, -0.2) is 0 Å². The molecule has 0 radical (unpaired) electrons. The van der Waals surface area contributed by atoms with Gasteiger partial charge >= 0.3 is 0 Å². The zero-order valence-corrected chi connectivity index (χ0v) is 15.3. The summed E-state index contributed by atoms with van der Waals surface area (Å²) in [6, 6.07) is 10.2. The number of amides is 2. The lowest BCUT2D eigenvalue weighted by Gasteiger charge is -2.32. The van der Waals surface area contributed by atoms with Gasteiger partial charge in [0.25, 0.3) is 11.8 Å². The first-order chi connectivity index (χ1) is 13.1. The Morgan fingerprint density at radius 3 is 2.52 bits per heavy atom. The van der Waals surface area contributed by atoms with Gasteiger partial charge in [0.05, 0.1) is 17.7 Å². The van der Waals surface area contributed by atoms with Crippen LogP contribution in [0.3, 0.4) is 0 Å². The van der Waals surface area contributed by atoms with E-state index >= 15 is 0 Å². The van der Waals surface area contributed by atoms with Crippen LogP contribution in [0.5, 0.6) is 5.75 Å². The van der Waals surface area contributed by atoms with Gasteiger partial charge in [0.1, 0.15) is 5.75 Å². The van der Waals surface area contributed by atoms with Gasteiger partial charge in [0.15, 0.2) is 12.4 Å². The van der Waals surface area contributed by atoms with Crippen molar-refractivity contribution >= 4 is 11.8 Å². The van der Waals surface area contributed by atoms with Crippen LogP contribution in [0.4, 0.5) is 0 Å². The number of pyridine rings is 1. The Kier molecular flexibility index (Phi) is 5.90. The first-order valence-electron chi connectivity index (χ1n) is 9.09. The highest BCUT2D eigenvalue weighted by Crippen LogP contribution is 2.22. The number of benzene rings is 1. The molecule has 3 rings (SSSR count). The van der Waals surface area contributed by atoms with Gasteiger partial charge in [-0.3, -0.25) is 9.59 Å². The van der Waals surface area contributed by atoms with Crippen molar-refractivity contribution in [1.82, 2.24) is 10.2 Å². The fourth-order valence-corrected chi connectivity index (χ4v) is 3.15. The third kappa shape index (κ3) is 4.55. The minimum absolute atomic E-state index is 0.00302. The number of carbonyl (C=O) groups excluding carboxylic acids is 2. The standard InChI is InChI=1S/C20H23N3O4/c1-2-27-18-6-4-3-5-17(18)20(25)22-11-9-16(10-12-22)21-19(24)15-7-13-23(26)14-8-15/h3-8,13-14,16H,2,9-12H2,1H3,(H,21,24). The molecule has 7 heteroatoms. The maximum Gasteiger partial charge on any atom is 0.257 e. The van der Waals surface area contributed by atoms with E-state index in [2.05, 4.69) is 5.32 Å². The summed E-state index contributed by atoms with van der Waals surface area (Å²) in [5, 5.41) is 14.0. The van der Waals surface area contributed by atoms with E-state index in [4.69, 9.17) is 4.74 Å². The Morgan fingerprint density at radius 2 is 1.85 bits per heavy atom. The lowest BCUT2D eigenvalue weighted by Crippen LogP contribution is -2.46. The van der Waals surface area contributed by atoms with E-state index in [1.165, 1.54) is 24.5 Å². The molecule has 0 atom stereocenters. The van der Waals surface area contributed by atoms with Crippen LogP contribution in [0.1, 0.15) is 40.5 Å². The third-order valence-corrected chi connectivity index (χ3v) is 4.60. The van der Waals surface area contributed by atoms with Gasteiger partial charge in [0, 0.05) is 31.3 Å². The number of hydrogen-bond donors (Lipinski definition) is 1. The highest BCUT2D eigenvalue weighted by Gasteiger charge is 2.26. The quantitative estimate of drug-likeness (QED) is 0.643. The molecule has 0 saturated carbocycles. The number of hydrogen-bond acceptors (Lipinski definition) is 4. The lowest BCUT2D eigenvalue weighted by molar-refractivity contribution is -0.605. The molecule has 27 heavy (non-hydrogen) atoms. The second-order valence-corrected chi connectivity index (χ2v) is 6.42. The molecular weight excluding hydrogens is 346 g/mol. The van der Waals surface area contributed by atoms with Crippen molar-refractivity contribution in [3.63, 3.8) is 0 Å². The van der Waals surface area contributed by atoms with Crippen LogP contribution >= 0.6 is 0 Å². The third-order valence-electron chi connectivity index (χ3n) is 4.60. The number of rotatable bonds is 5. The molecule has 1 N–H and O–H groups in total. The Hall–Kier alpha value is -3.09. The van der Waals surface area contributed by atoms with Crippen molar-refractivity contribution in [2.75, 3.05) is 19.7 Å². The topological polar surface area (TPSA) is 85.6 Å². The SMILES string of the molecule is CCOc1ccccc1C(=O)N1CCC(NC(=O)c2cc[n+]([O-])cc2)CC1. The molecule has 1 aliphatic heterocycles. The van der Waals surface area contributed by atoms with Gasteiger partial charge in [-0.05, 0) is 31.9 Å². The van der Waals surface area contributed by atoms with Crippen molar-refractivity contribution in [3.8, 4) is 5.75 Å². The average Bonchev–Trinajstić information content (AvgIpc) is 2.69. The van der Waals surface area contributed by atoms with Crippen molar-refractivity contribution in [1.29, 1.82) is 0 Å². The smallest absolute Gasteiger partial charge is 0.257 e. The average molecular weight is 369 g/mol. The molecule has 142 valence electrons. The molecule has 0 spiro atoms. The predicted molar refractivity (Wildman–Crippen MR) is 99.4 cm³/mol. The Balaban J connectivity index is 1.56. The molecule has 0 aliphatic carbocycles. The zero-order valence-electron chi connectivity index (χ0n) is 15.3. The maximum atomic E-state index is 12.8. The summed E-state index contributed by atoms with van der Waals surface area (Å²) in [5.41, 5.74) is 1.02. The Morgan fingerprint density at radius 1 is 1.19 bits per heavy atom. The van der Waals surface area contributed by atoms with Gasteiger partial charge in [-0.15, -0.1) is 0 Å². The Labute approximate surface area is 158 Å². The number of piperidine rings is 1. The second kappa shape index (κ2) is 8.53. The fraction of sp³-hybridized carbons (Fsp3) is 0.350.